The summed E-state index contributed by atoms with van der Waals surface area (Å²) < 4.78 is 2.16. The van der Waals surface area contributed by atoms with Gasteiger partial charge in [0, 0.05) is 49.0 Å². The van der Waals surface area contributed by atoms with Crippen molar-refractivity contribution >= 4 is 28.9 Å². The van der Waals surface area contributed by atoms with Crippen LogP contribution in [-0.2, 0) is 0 Å². The van der Waals surface area contributed by atoms with E-state index in [0.29, 0.717) is 12.1 Å². The van der Waals surface area contributed by atoms with Crippen LogP contribution < -0.4 is 4.90 Å². The second-order valence-corrected chi connectivity index (χ2v) is 9.13. The molecule has 1 aromatic heterocycles. The van der Waals surface area contributed by atoms with Crippen LogP contribution in [-0.4, -0.2) is 46.9 Å². The molecule has 1 saturated carbocycles. The van der Waals surface area contributed by atoms with E-state index < -0.39 is 0 Å². The van der Waals surface area contributed by atoms with Crippen molar-refractivity contribution < 1.29 is 0 Å². The lowest BCUT2D eigenvalue weighted by molar-refractivity contribution is 0.183. The van der Waals surface area contributed by atoms with Crippen molar-refractivity contribution in [3.8, 4) is 11.3 Å². The van der Waals surface area contributed by atoms with Gasteiger partial charge < -0.3 is 4.90 Å². The third-order valence-corrected chi connectivity index (χ3v) is 7.06. The Morgan fingerprint density at radius 3 is 2.43 bits per heavy atom. The Balaban J connectivity index is 1.19. The molecule has 0 amide bonds. The molecule has 5 rings (SSSR count). The highest BCUT2D eigenvalue weighted by molar-refractivity contribution is 6.33. The van der Waals surface area contributed by atoms with Crippen molar-refractivity contribution in [2.45, 2.75) is 31.3 Å². The minimum absolute atomic E-state index is 0.476. The predicted octanol–water partition coefficient (Wildman–Crippen LogP) is 5.77. The summed E-state index contributed by atoms with van der Waals surface area (Å²) in [6.07, 6.45) is 5.72. The first-order valence-corrected chi connectivity index (χ1v) is 11.5. The van der Waals surface area contributed by atoms with E-state index in [9.17, 15) is 0 Å². The third kappa shape index (κ3) is 4.09. The molecule has 2 aromatic carbocycles. The number of para-hydroxylation sites is 1. The highest BCUT2D eigenvalue weighted by atomic mass is 35.5. The number of halogens is 2. The zero-order valence-electron chi connectivity index (χ0n) is 16.9. The summed E-state index contributed by atoms with van der Waals surface area (Å²) in [5, 5.41) is 6.46. The van der Waals surface area contributed by atoms with Gasteiger partial charge in [0.05, 0.1) is 22.4 Å². The average Bonchev–Trinajstić information content (AvgIpc) is 3.44. The fourth-order valence-corrected chi connectivity index (χ4v) is 5.33. The van der Waals surface area contributed by atoms with E-state index in [1.165, 1.54) is 19.3 Å². The van der Waals surface area contributed by atoms with E-state index in [1.54, 1.807) is 0 Å². The second kappa shape index (κ2) is 8.62. The maximum atomic E-state index is 6.39. The van der Waals surface area contributed by atoms with Gasteiger partial charge in [-0.15, -0.1) is 0 Å². The largest absolute Gasteiger partial charge is 0.368 e. The van der Waals surface area contributed by atoms with Crippen molar-refractivity contribution in [2.75, 3.05) is 31.1 Å². The lowest BCUT2D eigenvalue weighted by atomic mass is 10.1. The molecule has 1 aliphatic carbocycles. The summed E-state index contributed by atoms with van der Waals surface area (Å²) >= 11 is 12.5. The Hall–Kier alpha value is -2.01. The van der Waals surface area contributed by atoms with Crippen LogP contribution in [0.1, 0.15) is 25.3 Å². The van der Waals surface area contributed by atoms with Gasteiger partial charge in [-0.2, -0.15) is 5.10 Å². The zero-order valence-corrected chi connectivity index (χ0v) is 18.4. The minimum Gasteiger partial charge on any atom is -0.368 e. The van der Waals surface area contributed by atoms with E-state index in [4.69, 9.17) is 28.3 Å². The van der Waals surface area contributed by atoms with Gasteiger partial charge >= 0.3 is 0 Å². The molecular formula is C24H26Cl2N4. The molecule has 0 spiro atoms. The summed E-state index contributed by atoms with van der Waals surface area (Å²) in [6.45, 7) is 4.25. The van der Waals surface area contributed by atoms with Gasteiger partial charge in [0.1, 0.15) is 0 Å². The number of aromatic nitrogens is 2. The van der Waals surface area contributed by atoms with Crippen molar-refractivity contribution in [1.82, 2.24) is 14.7 Å². The lowest BCUT2D eigenvalue weighted by Gasteiger charge is -2.39. The minimum atomic E-state index is 0.476. The summed E-state index contributed by atoms with van der Waals surface area (Å²) in [6, 6.07) is 19.3. The van der Waals surface area contributed by atoms with Gasteiger partial charge in [0.2, 0.25) is 0 Å². The average molecular weight is 441 g/mol. The number of hydrogen-bond acceptors (Lipinski definition) is 3. The topological polar surface area (TPSA) is 24.3 Å². The molecule has 2 fully saturated rings. The molecule has 2 heterocycles. The quantitative estimate of drug-likeness (QED) is 0.514. The van der Waals surface area contributed by atoms with Crippen LogP contribution in [0.5, 0.6) is 0 Å². The first-order chi connectivity index (χ1) is 14.7. The molecule has 0 N–H and O–H groups in total. The Morgan fingerprint density at radius 2 is 1.63 bits per heavy atom. The molecule has 3 aromatic rings. The molecule has 1 saturated heterocycles. The Bertz CT molecular complexity index is 1010. The Morgan fingerprint density at radius 1 is 0.833 bits per heavy atom. The van der Waals surface area contributed by atoms with Crippen LogP contribution in [0.4, 0.5) is 5.69 Å². The number of benzene rings is 2. The first-order valence-electron chi connectivity index (χ1n) is 10.7. The number of nitrogens with zero attached hydrogens (tertiary/aromatic N) is 4. The maximum absolute atomic E-state index is 6.39. The van der Waals surface area contributed by atoms with Crippen LogP contribution in [0.25, 0.3) is 11.3 Å². The fourth-order valence-electron chi connectivity index (χ4n) is 4.89. The van der Waals surface area contributed by atoms with Crippen LogP contribution >= 0.6 is 23.2 Å². The maximum Gasteiger partial charge on any atom is 0.0923 e. The van der Waals surface area contributed by atoms with Crippen LogP contribution in [0.15, 0.2) is 60.8 Å². The predicted molar refractivity (Wildman–Crippen MR) is 125 cm³/mol. The SMILES string of the molecule is Clc1cccc(-c2ccn([C@H]3CC[C@H](N4CCN(c5ccccc5Cl)CC4)C3)n2)c1. The summed E-state index contributed by atoms with van der Waals surface area (Å²) in [5.41, 5.74) is 3.23. The van der Waals surface area contributed by atoms with Crippen LogP contribution in [0, 0.1) is 0 Å². The summed E-state index contributed by atoms with van der Waals surface area (Å²) in [4.78, 5) is 5.07. The molecule has 0 bridgehead atoms. The number of piperazine rings is 1. The monoisotopic (exact) mass is 440 g/mol. The smallest absolute Gasteiger partial charge is 0.0923 e. The molecule has 6 heteroatoms. The van der Waals surface area contributed by atoms with Gasteiger partial charge in [-0.1, -0.05) is 47.5 Å². The Labute approximate surface area is 188 Å². The van der Waals surface area contributed by atoms with Gasteiger partial charge in [-0.25, -0.2) is 0 Å². The lowest BCUT2D eigenvalue weighted by Crippen LogP contribution is -2.49. The normalized spacial score (nSPS) is 22.5. The molecule has 156 valence electrons. The van der Waals surface area contributed by atoms with E-state index in [0.717, 1.165) is 53.2 Å². The van der Waals surface area contributed by atoms with Crippen molar-refractivity contribution in [3.05, 3.63) is 70.8 Å². The molecule has 0 radical (unpaired) electrons. The zero-order chi connectivity index (χ0) is 20.5. The molecule has 2 aliphatic rings. The van der Waals surface area contributed by atoms with E-state index in [2.05, 4.69) is 44.9 Å². The number of rotatable bonds is 4. The van der Waals surface area contributed by atoms with Crippen molar-refractivity contribution in [1.29, 1.82) is 0 Å². The standard InChI is InChI=1S/C24H26Cl2N4/c25-19-5-3-4-18(16-19)23-10-11-30(27-23)21-9-8-20(17-21)28-12-14-29(15-13-28)24-7-2-1-6-22(24)26/h1-7,10-11,16,20-21H,8-9,12-15,17H2/t20-,21-/m0/s1. The van der Waals surface area contributed by atoms with Gasteiger partial charge in [0.25, 0.3) is 0 Å². The highest BCUT2D eigenvalue weighted by Crippen LogP contribution is 2.35. The van der Waals surface area contributed by atoms with Gasteiger partial charge in [0.15, 0.2) is 0 Å². The highest BCUT2D eigenvalue weighted by Gasteiger charge is 2.32. The molecule has 2 atom stereocenters. The molecule has 1 aliphatic heterocycles. The Kier molecular flexibility index (Phi) is 5.72. The van der Waals surface area contributed by atoms with Crippen molar-refractivity contribution in [2.24, 2.45) is 0 Å². The van der Waals surface area contributed by atoms with Gasteiger partial charge in [-0.05, 0) is 49.6 Å². The molecular weight excluding hydrogens is 415 g/mol. The third-order valence-electron chi connectivity index (χ3n) is 6.50. The fraction of sp³-hybridized carbons (Fsp3) is 0.375. The van der Waals surface area contributed by atoms with Crippen LogP contribution in [0.2, 0.25) is 10.0 Å². The second-order valence-electron chi connectivity index (χ2n) is 8.29. The number of anilines is 1. The van der Waals surface area contributed by atoms with Crippen molar-refractivity contribution in [3.63, 3.8) is 0 Å². The van der Waals surface area contributed by atoms with Crippen LogP contribution in [0.3, 0.4) is 0 Å². The first kappa shape index (κ1) is 19.9. The molecule has 0 unspecified atom stereocenters. The van der Waals surface area contributed by atoms with Gasteiger partial charge in [-0.3, -0.25) is 9.58 Å². The molecule has 30 heavy (non-hydrogen) atoms. The van der Waals surface area contributed by atoms with E-state index in [-0.39, 0.29) is 0 Å². The van der Waals surface area contributed by atoms with E-state index >= 15 is 0 Å². The summed E-state index contributed by atoms with van der Waals surface area (Å²) in [5.74, 6) is 0. The van der Waals surface area contributed by atoms with E-state index in [1.807, 2.05) is 30.3 Å². The number of hydrogen-bond donors (Lipinski definition) is 0. The molecule has 4 nitrogen and oxygen atoms in total. The summed E-state index contributed by atoms with van der Waals surface area (Å²) in [7, 11) is 0.